The lowest BCUT2D eigenvalue weighted by atomic mass is 9.79. The van der Waals surface area contributed by atoms with Crippen LogP contribution in [0.5, 0.6) is 5.75 Å². The summed E-state index contributed by atoms with van der Waals surface area (Å²) in [7, 11) is 4.09. The Labute approximate surface area is 238 Å². The Morgan fingerprint density at radius 3 is 2.50 bits per heavy atom. The van der Waals surface area contributed by atoms with Gasteiger partial charge in [0.15, 0.2) is 5.58 Å². The number of aryl methyl sites for hydroxylation is 1. The van der Waals surface area contributed by atoms with Crippen molar-refractivity contribution in [2.75, 3.05) is 40.3 Å². The molecule has 1 aromatic heterocycles. The van der Waals surface area contributed by atoms with Crippen LogP contribution in [0.3, 0.4) is 0 Å². The van der Waals surface area contributed by atoms with Gasteiger partial charge in [0.2, 0.25) is 0 Å². The molecule has 40 heavy (non-hydrogen) atoms. The maximum atomic E-state index is 9.78. The second kappa shape index (κ2) is 13.6. The lowest BCUT2D eigenvalue weighted by Gasteiger charge is -2.38. The molecule has 7 nitrogen and oxygen atoms in total. The summed E-state index contributed by atoms with van der Waals surface area (Å²) in [6, 6.07) is 13.8. The molecular formula is C33H44N4O3. The van der Waals surface area contributed by atoms with Gasteiger partial charge in [-0.2, -0.15) is 5.26 Å². The van der Waals surface area contributed by atoms with Crippen molar-refractivity contribution < 1.29 is 14.4 Å². The molecule has 0 spiro atoms. The zero-order valence-corrected chi connectivity index (χ0v) is 24.1. The van der Waals surface area contributed by atoms with Crippen LogP contribution in [0.1, 0.15) is 67.3 Å². The van der Waals surface area contributed by atoms with E-state index in [1.807, 2.05) is 38.4 Å². The second-order valence-electron chi connectivity index (χ2n) is 12.2. The summed E-state index contributed by atoms with van der Waals surface area (Å²) < 4.78 is 12.2. The van der Waals surface area contributed by atoms with E-state index in [9.17, 15) is 5.11 Å². The van der Waals surface area contributed by atoms with E-state index < -0.39 is 0 Å². The molecule has 1 N–H and O–H groups in total. The van der Waals surface area contributed by atoms with Crippen molar-refractivity contribution in [3.63, 3.8) is 0 Å². The summed E-state index contributed by atoms with van der Waals surface area (Å²) in [5.74, 6) is 2.71. The van der Waals surface area contributed by atoms with Crippen molar-refractivity contribution in [1.82, 2.24) is 15.0 Å². The summed E-state index contributed by atoms with van der Waals surface area (Å²) in [5, 5.41) is 24.4. The molecule has 1 saturated heterocycles. The topological polar surface area (TPSA) is 85.8 Å². The molecule has 0 radical (unpaired) electrons. The third-order valence-electron chi connectivity index (χ3n) is 9.02. The van der Waals surface area contributed by atoms with Crippen molar-refractivity contribution in [3.8, 4) is 11.8 Å². The van der Waals surface area contributed by atoms with Crippen molar-refractivity contribution in [2.24, 2.45) is 17.8 Å². The van der Waals surface area contributed by atoms with E-state index in [-0.39, 0.29) is 0 Å². The average Bonchev–Trinajstić information content (AvgIpc) is 3.40. The van der Waals surface area contributed by atoms with Crippen molar-refractivity contribution in [1.29, 1.82) is 5.26 Å². The Balaban J connectivity index is 1.18. The SMILES string of the molecule is CN(C)Cc1c(OCc2ccc(C#N)cc2)ccc2c(CCC3CCN(C[C@@H]4CCCC[C@@H]4CO)CC3)noc12. The summed E-state index contributed by atoms with van der Waals surface area (Å²) in [5.41, 5.74) is 4.55. The first kappa shape index (κ1) is 28.6. The number of ether oxygens (including phenoxy) is 1. The van der Waals surface area contributed by atoms with Crippen molar-refractivity contribution in [3.05, 3.63) is 58.8 Å². The van der Waals surface area contributed by atoms with Crippen LogP contribution in [-0.4, -0.2) is 60.4 Å². The summed E-state index contributed by atoms with van der Waals surface area (Å²) >= 11 is 0. The van der Waals surface area contributed by atoms with Crippen LogP contribution in [0.2, 0.25) is 0 Å². The minimum absolute atomic E-state index is 0.355. The van der Waals surface area contributed by atoms with E-state index in [0.717, 1.165) is 58.8 Å². The van der Waals surface area contributed by atoms with Gasteiger partial charge in [0, 0.05) is 25.1 Å². The third kappa shape index (κ3) is 7.04. The molecule has 1 saturated carbocycles. The Bertz CT molecular complexity index is 1270. The molecule has 1 aliphatic heterocycles. The maximum absolute atomic E-state index is 9.78. The van der Waals surface area contributed by atoms with Gasteiger partial charge in [-0.15, -0.1) is 0 Å². The molecule has 7 heteroatoms. The first-order valence-corrected chi connectivity index (χ1v) is 15.0. The molecule has 3 aromatic rings. The largest absolute Gasteiger partial charge is 0.488 e. The quantitative estimate of drug-likeness (QED) is 0.327. The molecule has 0 amide bonds. The average molecular weight is 545 g/mol. The van der Waals surface area contributed by atoms with E-state index in [0.29, 0.717) is 37.2 Å². The van der Waals surface area contributed by atoms with Crippen LogP contribution in [0.4, 0.5) is 0 Å². The van der Waals surface area contributed by atoms with Crippen LogP contribution in [-0.2, 0) is 19.6 Å². The van der Waals surface area contributed by atoms with Gasteiger partial charge in [0.1, 0.15) is 12.4 Å². The van der Waals surface area contributed by atoms with E-state index in [2.05, 4.69) is 33.2 Å². The number of hydrogen-bond acceptors (Lipinski definition) is 7. The summed E-state index contributed by atoms with van der Waals surface area (Å²) in [6.45, 7) is 4.99. The summed E-state index contributed by atoms with van der Waals surface area (Å²) in [4.78, 5) is 4.77. The molecule has 2 fully saturated rings. The lowest BCUT2D eigenvalue weighted by Crippen LogP contribution is -2.40. The standard InChI is InChI=1S/C33H44N4O3/c1-36(2)21-30-32(39-23-26-9-7-25(19-34)8-10-26)14-12-29-31(35-40-33(29)30)13-11-24-15-17-37(18-16-24)20-27-5-3-4-6-28(27)22-38/h7-10,12,14,24,27-28,38H,3-6,11,13,15-18,20-23H2,1-2H3/t27-,28+/m0/s1. The number of aliphatic hydroxyl groups excluding tert-OH is 1. The minimum atomic E-state index is 0.355. The van der Waals surface area contributed by atoms with Gasteiger partial charge in [0.05, 0.1) is 22.9 Å². The molecule has 0 bridgehead atoms. The molecule has 0 unspecified atom stereocenters. The Morgan fingerprint density at radius 2 is 1.80 bits per heavy atom. The van der Waals surface area contributed by atoms with Crippen molar-refractivity contribution >= 4 is 11.0 Å². The zero-order chi connectivity index (χ0) is 27.9. The third-order valence-corrected chi connectivity index (χ3v) is 9.02. The smallest absolute Gasteiger partial charge is 0.175 e. The monoisotopic (exact) mass is 544 g/mol. The number of aromatic nitrogens is 1. The second-order valence-corrected chi connectivity index (χ2v) is 12.2. The molecule has 2 heterocycles. The van der Waals surface area contributed by atoms with Gasteiger partial charge < -0.3 is 24.2 Å². The number of piperidine rings is 1. The minimum Gasteiger partial charge on any atom is -0.488 e. The fourth-order valence-corrected chi connectivity index (χ4v) is 6.60. The van der Waals surface area contributed by atoms with Crippen LogP contribution < -0.4 is 4.74 Å². The highest BCUT2D eigenvalue weighted by Gasteiger charge is 2.28. The number of nitrogens with zero attached hydrogens (tertiary/aromatic N) is 4. The number of nitriles is 1. The number of likely N-dealkylation sites (tertiary alicyclic amines) is 1. The van der Waals surface area contributed by atoms with Gasteiger partial charge in [0.25, 0.3) is 0 Å². The number of aliphatic hydroxyl groups is 1. The predicted octanol–water partition coefficient (Wildman–Crippen LogP) is 5.78. The summed E-state index contributed by atoms with van der Waals surface area (Å²) in [6.07, 6.45) is 9.63. The zero-order valence-electron chi connectivity index (χ0n) is 24.1. The Hall–Kier alpha value is -2.92. The fraction of sp³-hybridized carbons (Fsp3) is 0.576. The highest BCUT2D eigenvalue weighted by Crippen LogP contribution is 2.34. The van der Waals surface area contributed by atoms with Gasteiger partial charge in [-0.3, -0.25) is 0 Å². The van der Waals surface area contributed by atoms with E-state index in [1.165, 1.54) is 51.6 Å². The number of rotatable bonds is 11. The Morgan fingerprint density at radius 1 is 1.05 bits per heavy atom. The number of fused-ring (bicyclic) bond motifs is 1. The van der Waals surface area contributed by atoms with Crippen LogP contribution in [0, 0.1) is 29.1 Å². The predicted molar refractivity (Wildman–Crippen MR) is 157 cm³/mol. The van der Waals surface area contributed by atoms with Crippen molar-refractivity contribution in [2.45, 2.75) is 64.5 Å². The van der Waals surface area contributed by atoms with Crippen LogP contribution >= 0.6 is 0 Å². The lowest BCUT2D eigenvalue weighted by molar-refractivity contribution is 0.0826. The highest BCUT2D eigenvalue weighted by atomic mass is 16.5. The first-order chi connectivity index (χ1) is 19.5. The van der Waals surface area contributed by atoms with Gasteiger partial charge in [-0.05, 0) is 113 Å². The molecule has 214 valence electrons. The molecule has 1 aliphatic carbocycles. The van der Waals surface area contributed by atoms with E-state index in [1.54, 1.807) is 0 Å². The van der Waals surface area contributed by atoms with Crippen LogP contribution in [0.15, 0.2) is 40.9 Å². The molecule has 2 atom stereocenters. The molecular weight excluding hydrogens is 500 g/mol. The molecule has 2 aromatic carbocycles. The number of hydrogen-bond donors (Lipinski definition) is 1. The molecule has 5 rings (SSSR count). The molecule has 2 aliphatic rings. The first-order valence-electron chi connectivity index (χ1n) is 15.0. The van der Waals surface area contributed by atoms with Crippen LogP contribution in [0.25, 0.3) is 11.0 Å². The fourth-order valence-electron chi connectivity index (χ4n) is 6.60. The van der Waals surface area contributed by atoms with Gasteiger partial charge >= 0.3 is 0 Å². The van der Waals surface area contributed by atoms with E-state index in [4.69, 9.17) is 14.5 Å². The maximum Gasteiger partial charge on any atom is 0.175 e. The van der Waals surface area contributed by atoms with Gasteiger partial charge in [-0.25, -0.2) is 0 Å². The normalized spacial score (nSPS) is 20.7. The number of benzene rings is 2. The van der Waals surface area contributed by atoms with E-state index >= 15 is 0 Å². The van der Waals surface area contributed by atoms with Gasteiger partial charge in [-0.1, -0.05) is 30.1 Å². The highest BCUT2D eigenvalue weighted by molar-refractivity contribution is 5.84. The Kier molecular flexibility index (Phi) is 9.74.